The van der Waals surface area contributed by atoms with Gasteiger partial charge >= 0.3 is 0 Å². The SMILES string of the molecule is CCC1CCC(O)C(Oc2ccccc2)C1. The first-order chi connectivity index (χ1) is 7.79. The Morgan fingerprint density at radius 3 is 2.69 bits per heavy atom. The molecule has 0 bridgehead atoms. The van der Waals surface area contributed by atoms with Crippen molar-refractivity contribution in [3.05, 3.63) is 30.3 Å². The lowest BCUT2D eigenvalue weighted by Gasteiger charge is -2.33. The molecule has 3 atom stereocenters. The van der Waals surface area contributed by atoms with E-state index >= 15 is 0 Å². The Kier molecular flexibility index (Phi) is 3.83. The van der Waals surface area contributed by atoms with Crippen LogP contribution in [0.3, 0.4) is 0 Å². The Labute approximate surface area is 97.3 Å². The highest BCUT2D eigenvalue weighted by Crippen LogP contribution is 2.29. The number of hydrogen-bond acceptors (Lipinski definition) is 2. The number of hydrogen-bond donors (Lipinski definition) is 1. The Hall–Kier alpha value is -1.02. The van der Waals surface area contributed by atoms with Crippen molar-refractivity contribution in [2.45, 2.75) is 44.8 Å². The van der Waals surface area contributed by atoms with Crippen LogP contribution in [0.1, 0.15) is 32.6 Å². The third kappa shape index (κ3) is 2.76. The zero-order valence-electron chi connectivity index (χ0n) is 9.80. The minimum atomic E-state index is -0.303. The van der Waals surface area contributed by atoms with E-state index in [9.17, 15) is 5.11 Å². The van der Waals surface area contributed by atoms with Crippen molar-refractivity contribution in [3.8, 4) is 5.75 Å². The van der Waals surface area contributed by atoms with Gasteiger partial charge in [-0.2, -0.15) is 0 Å². The molecule has 1 aromatic rings. The number of benzene rings is 1. The van der Waals surface area contributed by atoms with Gasteiger partial charge in [0.05, 0.1) is 6.10 Å². The summed E-state index contributed by atoms with van der Waals surface area (Å²) in [6, 6.07) is 9.78. The van der Waals surface area contributed by atoms with Gasteiger partial charge in [-0.05, 0) is 37.3 Å². The molecule has 1 fully saturated rings. The number of rotatable bonds is 3. The zero-order valence-corrected chi connectivity index (χ0v) is 9.80. The van der Waals surface area contributed by atoms with E-state index in [2.05, 4.69) is 6.92 Å². The number of ether oxygens (including phenoxy) is 1. The summed E-state index contributed by atoms with van der Waals surface area (Å²) >= 11 is 0. The van der Waals surface area contributed by atoms with E-state index in [0.717, 1.165) is 25.0 Å². The van der Waals surface area contributed by atoms with Gasteiger partial charge in [0.1, 0.15) is 11.9 Å². The third-order valence-corrected chi connectivity index (χ3v) is 3.47. The first kappa shape index (κ1) is 11.5. The highest BCUT2D eigenvalue weighted by molar-refractivity contribution is 5.21. The predicted molar refractivity (Wildman–Crippen MR) is 64.5 cm³/mol. The Balaban J connectivity index is 1.97. The second kappa shape index (κ2) is 5.35. The molecule has 0 aliphatic heterocycles. The fourth-order valence-electron chi connectivity index (χ4n) is 2.37. The van der Waals surface area contributed by atoms with Gasteiger partial charge in [-0.3, -0.25) is 0 Å². The van der Waals surface area contributed by atoms with E-state index in [1.807, 2.05) is 30.3 Å². The third-order valence-electron chi connectivity index (χ3n) is 3.47. The summed E-state index contributed by atoms with van der Waals surface area (Å²) in [5.41, 5.74) is 0. The molecular weight excluding hydrogens is 200 g/mol. The van der Waals surface area contributed by atoms with E-state index in [4.69, 9.17) is 4.74 Å². The van der Waals surface area contributed by atoms with Crippen LogP contribution >= 0.6 is 0 Å². The Morgan fingerprint density at radius 1 is 1.25 bits per heavy atom. The summed E-state index contributed by atoms with van der Waals surface area (Å²) in [5.74, 6) is 1.57. The summed E-state index contributed by atoms with van der Waals surface area (Å²) in [5, 5.41) is 9.92. The molecular formula is C14H20O2. The monoisotopic (exact) mass is 220 g/mol. The lowest BCUT2D eigenvalue weighted by molar-refractivity contribution is -0.0109. The molecule has 16 heavy (non-hydrogen) atoms. The van der Waals surface area contributed by atoms with Gasteiger partial charge in [0.2, 0.25) is 0 Å². The van der Waals surface area contributed by atoms with Crippen LogP contribution < -0.4 is 4.74 Å². The first-order valence-electron chi connectivity index (χ1n) is 6.19. The molecule has 0 aromatic heterocycles. The summed E-state index contributed by atoms with van der Waals surface area (Å²) in [4.78, 5) is 0. The topological polar surface area (TPSA) is 29.5 Å². The summed E-state index contributed by atoms with van der Waals surface area (Å²) < 4.78 is 5.85. The van der Waals surface area contributed by atoms with Crippen LogP contribution in [0.15, 0.2) is 30.3 Å². The molecule has 2 nitrogen and oxygen atoms in total. The van der Waals surface area contributed by atoms with Gasteiger partial charge in [0.25, 0.3) is 0 Å². The molecule has 88 valence electrons. The van der Waals surface area contributed by atoms with E-state index in [1.54, 1.807) is 0 Å². The molecule has 0 saturated heterocycles. The van der Waals surface area contributed by atoms with Crippen molar-refractivity contribution < 1.29 is 9.84 Å². The molecule has 2 heteroatoms. The number of para-hydroxylation sites is 1. The van der Waals surface area contributed by atoms with Gasteiger partial charge in [-0.1, -0.05) is 31.5 Å². The minimum Gasteiger partial charge on any atom is -0.488 e. The predicted octanol–water partition coefficient (Wildman–Crippen LogP) is 3.01. The van der Waals surface area contributed by atoms with Crippen LogP contribution in [-0.4, -0.2) is 17.3 Å². The minimum absolute atomic E-state index is 0.0268. The Bertz CT molecular complexity index is 310. The van der Waals surface area contributed by atoms with Gasteiger partial charge < -0.3 is 9.84 Å². The molecule has 2 rings (SSSR count). The van der Waals surface area contributed by atoms with Crippen molar-refractivity contribution in [2.75, 3.05) is 0 Å². The quantitative estimate of drug-likeness (QED) is 0.848. The fourth-order valence-corrected chi connectivity index (χ4v) is 2.37. The summed E-state index contributed by atoms with van der Waals surface area (Å²) in [6.45, 7) is 2.21. The van der Waals surface area contributed by atoms with E-state index in [0.29, 0.717) is 5.92 Å². The lowest BCUT2D eigenvalue weighted by Crippen LogP contribution is -2.37. The van der Waals surface area contributed by atoms with E-state index < -0.39 is 0 Å². The molecule has 3 unspecified atom stereocenters. The molecule has 1 aliphatic rings. The second-order valence-electron chi connectivity index (χ2n) is 4.62. The molecule has 0 radical (unpaired) electrons. The molecule has 0 amide bonds. The van der Waals surface area contributed by atoms with Crippen molar-refractivity contribution in [2.24, 2.45) is 5.92 Å². The van der Waals surface area contributed by atoms with E-state index in [1.165, 1.54) is 6.42 Å². The van der Waals surface area contributed by atoms with Crippen LogP contribution in [-0.2, 0) is 0 Å². The number of aliphatic hydroxyl groups is 1. The Morgan fingerprint density at radius 2 is 2.00 bits per heavy atom. The zero-order chi connectivity index (χ0) is 11.4. The highest BCUT2D eigenvalue weighted by Gasteiger charge is 2.29. The number of aliphatic hydroxyl groups excluding tert-OH is 1. The van der Waals surface area contributed by atoms with Crippen LogP contribution in [0, 0.1) is 5.92 Å². The maximum Gasteiger partial charge on any atom is 0.125 e. The summed E-state index contributed by atoms with van der Waals surface area (Å²) in [6.07, 6.45) is 3.83. The second-order valence-corrected chi connectivity index (χ2v) is 4.62. The van der Waals surface area contributed by atoms with Crippen LogP contribution in [0.4, 0.5) is 0 Å². The average Bonchev–Trinajstić information content (AvgIpc) is 2.33. The van der Waals surface area contributed by atoms with Crippen molar-refractivity contribution in [1.82, 2.24) is 0 Å². The van der Waals surface area contributed by atoms with Crippen LogP contribution in [0.5, 0.6) is 5.75 Å². The lowest BCUT2D eigenvalue weighted by atomic mass is 9.84. The standard InChI is InChI=1S/C14H20O2/c1-2-11-8-9-13(15)14(10-11)16-12-6-4-3-5-7-12/h3-7,11,13-15H,2,8-10H2,1H3. The molecule has 0 heterocycles. The summed E-state index contributed by atoms with van der Waals surface area (Å²) in [7, 11) is 0. The van der Waals surface area contributed by atoms with Crippen LogP contribution in [0.2, 0.25) is 0 Å². The van der Waals surface area contributed by atoms with Crippen molar-refractivity contribution in [1.29, 1.82) is 0 Å². The molecule has 1 aliphatic carbocycles. The van der Waals surface area contributed by atoms with Crippen molar-refractivity contribution in [3.63, 3.8) is 0 Å². The fraction of sp³-hybridized carbons (Fsp3) is 0.571. The van der Waals surface area contributed by atoms with Gasteiger partial charge in [0, 0.05) is 0 Å². The molecule has 1 N–H and O–H groups in total. The van der Waals surface area contributed by atoms with Crippen LogP contribution in [0.25, 0.3) is 0 Å². The maximum absolute atomic E-state index is 9.92. The maximum atomic E-state index is 9.92. The van der Waals surface area contributed by atoms with Crippen molar-refractivity contribution >= 4 is 0 Å². The molecule has 1 saturated carbocycles. The molecule has 0 spiro atoms. The highest BCUT2D eigenvalue weighted by atomic mass is 16.5. The smallest absolute Gasteiger partial charge is 0.125 e. The first-order valence-corrected chi connectivity index (χ1v) is 6.19. The van der Waals surface area contributed by atoms with E-state index in [-0.39, 0.29) is 12.2 Å². The average molecular weight is 220 g/mol. The van der Waals surface area contributed by atoms with Gasteiger partial charge in [-0.25, -0.2) is 0 Å². The largest absolute Gasteiger partial charge is 0.488 e. The normalized spacial score (nSPS) is 30.0. The van der Waals surface area contributed by atoms with Gasteiger partial charge in [-0.15, -0.1) is 0 Å². The van der Waals surface area contributed by atoms with Gasteiger partial charge in [0.15, 0.2) is 0 Å². The molecule has 1 aromatic carbocycles.